The van der Waals surface area contributed by atoms with Crippen LogP contribution in [0.15, 0.2) is 12.1 Å². The third-order valence-electron chi connectivity index (χ3n) is 4.52. The lowest BCUT2D eigenvalue weighted by atomic mass is 10.1. The molecular weight excluding hydrogens is 260 g/mol. The zero-order valence-corrected chi connectivity index (χ0v) is 11.6. The van der Waals surface area contributed by atoms with Gasteiger partial charge in [-0.1, -0.05) is 6.07 Å². The van der Waals surface area contributed by atoms with Gasteiger partial charge < -0.3 is 10.6 Å². The van der Waals surface area contributed by atoms with Gasteiger partial charge in [0.05, 0.1) is 5.69 Å². The number of rotatable bonds is 3. The molecule has 2 aliphatic heterocycles. The van der Waals surface area contributed by atoms with Crippen molar-refractivity contribution in [3.8, 4) is 0 Å². The minimum atomic E-state index is -0.797. The number of nitrogens with two attached hydrogens (primary N) is 1. The van der Waals surface area contributed by atoms with Crippen molar-refractivity contribution < 1.29 is 8.78 Å². The lowest BCUT2D eigenvalue weighted by Gasteiger charge is -2.25. The van der Waals surface area contributed by atoms with Gasteiger partial charge in [0.25, 0.3) is 0 Å². The number of anilines is 1. The third kappa shape index (κ3) is 2.40. The monoisotopic (exact) mass is 281 g/mol. The Morgan fingerprint density at radius 2 is 1.85 bits per heavy atom. The van der Waals surface area contributed by atoms with Gasteiger partial charge in [0.15, 0.2) is 11.6 Å². The first-order chi connectivity index (χ1) is 9.70. The topological polar surface area (TPSA) is 32.5 Å². The Kier molecular flexibility index (Phi) is 3.89. The van der Waals surface area contributed by atoms with Crippen LogP contribution in [0.4, 0.5) is 14.5 Å². The lowest BCUT2D eigenvalue weighted by molar-refractivity contribution is 0.260. The molecule has 0 saturated carbocycles. The molecule has 1 atom stereocenters. The molecule has 5 heteroatoms. The first kappa shape index (κ1) is 13.8. The van der Waals surface area contributed by atoms with Gasteiger partial charge >= 0.3 is 0 Å². The molecule has 1 unspecified atom stereocenters. The molecule has 2 N–H and O–H groups in total. The molecule has 2 aliphatic rings. The smallest absolute Gasteiger partial charge is 0.182 e. The second-order valence-corrected chi connectivity index (χ2v) is 5.71. The zero-order chi connectivity index (χ0) is 14.1. The van der Waals surface area contributed by atoms with E-state index >= 15 is 0 Å². The van der Waals surface area contributed by atoms with Crippen molar-refractivity contribution in [2.75, 3.05) is 31.1 Å². The first-order valence-electron chi connectivity index (χ1n) is 7.36. The Balaban J connectivity index is 1.75. The fourth-order valence-corrected chi connectivity index (χ4v) is 3.35. The Labute approximate surface area is 118 Å². The molecule has 0 bridgehead atoms. The molecule has 3 rings (SSSR count). The van der Waals surface area contributed by atoms with E-state index in [1.54, 1.807) is 12.1 Å². The van der Waals surface area contributed by atoms with E-state index in [0.29, 0.717) is 11.7 Å². The summed E-state index contributed by atoms with van der Waals surface area (Å²) in [5.74, 6) is -1.55. The number of hydrogen-bond acceptors (Lipinski definition) is 3. The fraction of sp³-hybridized carbons (Fsp3) is 0.600. The molecule has 0 aromatic heterocycles. The molecule has 0 radical (unpaired) electrons. The summed E-state index contributed by atoms with van der Waals surface area (Å²) < 4.78 is 27.9. The summed E-state index contributed by atoms with van der Waals surface area (Å²) >= 11 is 0. The van der Waals surface area contributed by atoms with Crippen LogP contribution in [-0.2, 0) is 6.54 Å². The number of halogens is 2. The van der Waals surface area contributed by atoms with Crippen molar-refractivity contribution in [1.82, 2.24) is 4.90 Å². The molecule has 0 amide bonds. The predicted octanol–water partition coefficient (Wildman–Crippen LogP) is 2.10. The van der Waals surface area contributed by atoms with E-state index in [-0.39, 0.29) is 12.1 Å². The maximum absolute atomic E-state index is 14.1. The summed E-state index contributed by atoms with van der Waals surface area (Å²) in [5.41, 5.74) is 6.01. The largest absolute Gasteiger partial charge is 0.367 e. The average Bonchev–Trinajstić information content (AvgIpc) is 3.11. The van der Waals surface area contributed by atoms with Gasteiger partial charge in [-0.25, -0.2) is 8.78 Å². The minimum Gasteiger partial charge on any atom is -0.367 e. The van der Waals surface area contributed by atoms with E-state index in [2.05, 4.69) is 4.90 Å². The summed E-state index contributed by atoms with van der Waals surface area (Å²) in [6, 6.07) is 3.73. The molecule has 2 fully saturated rings. The second-order valence-electron chi connectivity index (χ2n) is 5.71. The Morgan fingerprint density at radius 3 is 2.55 bits per heavy atom. The number of nitrogens with zero attached hydrogens (tertiary/aromatic N) is 2. The van der Waals surface area contributed by atoms with E-state index in [0.717, 1.165) is 32.6 Å². The van der Waals surface area contributed by atoms with Gasteiger partial charge in [-0.2, -0.15) is 0 Å². The summed E-state index contributed by atoms with van der Waals surface area (Å²) in [6.07, 6.45) is 3.54. The van der Waals surface area contributed by atoms with E-state index in [1.165, 1.54) is 12.8 Å². The van der Waals surface area contributed by atoms with Crippen molar-refractivity contribution in [2.45, 2.75) is 31.8 Å². The highest BCUT2D eigenvalue weighted by Crippen LogP contribution is 2.29. The van der Waals surface area contributed by atoms with Crippen molar-refractivity contribution in [3.63, 3.8) is 0 Å². The van der Waals surface area contributed by atoms with E-state index < -0.39 is 11.6 Å². The van der Waals surface area contributed by atoms with Gasteiger partial charge in [0, 0.05) is 31.2 Å². The molecule has 0 spiro atoms. The molecule has 1 aromatic rings. The van der Waals surface area contributed by atoms with Gasteiger partial charge in [-0.15, -0.1) is 0 Å². The molecule has 2 saturated heterocycles. The quantitative estimate of drug-likeness (QED) is 0.921. The van der Waals surface area contributed by atoms with Gasteiger partial charge in [0.1, 0.15) is 0 Å². The van der Waals surface area contributed by atoms with E-state index in [9.17, 15) is 8.78 Å². The average molecular weight is 281 g/mol. The molecule has 3 nitrogen and oxygen atoms in total. The SMILES string of the molecule is NCc1ccc(N2CCC(N3CCCC3)C2)c(F)c1F. The number of benzene rings is 1. The Hall–Kier alpha value is -1.20. The highest BCUT2D eigenvalue weighted by Gasteiger charge is 2.31. The van der Waals surface area contributed by atoms with Crippen LogP contribution in [0.25, 0.3) is 0 Å². The number of hydrogen-bond donors (Lipinski definition) is 1. The van der Waals surface area contributed by atoms with Crippen molar-refractivity contribution >= 4 is 5.69 Å². The van der Waals surface area contributed by atoms with Crippen molar-refractivity contribution in [3.05, 3.63) is 29.3 Å². The Morgan fingerprint density at radius 1 is 1.10 bits per heavy atom. The van der Waals surface area contributed by atoms with Crippen molar-refractivity contribution in [2.24, 2.45) is 5.73 Å². The van der Waals surface area contributed by atoms with Crippen LogP contribution in [0.1, 0.15) is 24.8 Å². The predicted molar refractivity (Wildman–Crippen MR) is 75.7 cm³/mol. The van der Waals surface area contributed by atoms with Crippen LogP contribution < -0.4 is 10.6 Å². The summed E-state index contributed by atoms with van der Waals surface area (Å²) in [6.45, 7) is 3.89. The molecule has 0 aliphatic carbocycles. The summed E-state index contributed by atoms with van der Waals surface area (Å²) in [5, 5.41) is 0. The van der Waals surface area contributed by atoms with Crippen LogP contribution in [0.5, 0.6) is 0 Å². The standard InChI is InChI=1S/C15H21F2N3/c16-14-11(9-18)3-4-13(15(14)17)20-8-5-12(10-20)19-6-1-2-7-19/h3-4,12H,1-2,5-10,18H2. The van der Waals surface area contributed by atoms with Crippen LogP contribution in [0.2, 0.25) is 0 Å². The highest BCUT2D eigenvalue weighted by molar-refractivity contribution is 5.51. The molecule has 1 aromatic carbocycles. The zero-order valence-electron chi connectivity index (χ0n) is 11.6. The van der Waals surface area contributed by atoms with Gasteiger partial charge in [0.2, 0.25) is 0 Å². The van der Waals surface area contributed by atoms with Crippen molar-refractivity contribution in [1.29, 1.82) is 0 Å². The van der Waals surface area contributed by atoms with Crippen LogP contribution in [-0.4, -0.2) is 37.1 Å². The van der Waals surface area contributed by atoms with Crippen LogP contribution >= 0.6 is 0 Å². The molecule has 110 valence electrons. The van der Waals surface area contributed by atoms with Crippen LogP contribution in [0, 0.1) is 11.6 Å². The molecule has 20 heavy (non-hydrogen) atoms. The Bertz CT molecular complexity index is 486. The third-order valence-corrected chi connectivity index (χ3v) is 4.52. The van der Waals surface area contributed by atoms with E-state index in [4.69, 9.17) is 5.73 Å². The lowest BCUT2D eigenvalue weighted by Crippen LogP contribution is -2.35. The maximum atomic E-state index is 14.1. The molecule has 2 heterocycles. The van der Waals surface area contributed by atoms with E-state index in [1.807, 2.05) is 4.90 Å². The second kappa shape index (κ2) is 5.66. The fourth-order valence-electron chi connectivity index (χ4n) is 3.35. The maximum Gasteiger partial charge on any atom is 0.182 e. The van der Waals surface area contributed by atoms with Gasteiger partial charge in [-0.3, -0.25) is 4.90 Å². The molecular formula is C15H21F2N3. The number of likely N-dealkylation sites (tertiary alicyclic amines) is 1. The summed E-state index contributed by atoms with van der Waals surface area (Å²) in [7, 11) is 0. The van der Waals surface area contributed by atoms with Gasteiger partial charge in [-0.05, 0) is 38.4 Å². The van der Waals surface area contributed by atoms with Crippen LogP contribution in [0.3, 0.4) is 0 Å². The highest BCUT2D eigenvalue weighted by atomic mass is 19.2. The first-order valence-corrected chi connectivity index (χ1v) is 7.36. The normalized spacial score (nSPS) is 23.8. The minimum absolute atomic E-state index is 0.0272. The summed E-state index contributed by atoms with van der Waals surface area (Å²) in [4.78, 5) is 4.43.